The Morgan fingerprint density at radius 1 is 1.07 bits per heavy atom. The number of halogens is 3. The van der Waals surface area contributed by atoms with Crippen molar-refractivity contribution in [3.63, 3.8) is 0 Å². The highest BCUT2D eigenvalue weighted by molar-refractivity contribution is 5.99. The van der Waals surface area contributed by atoms with Crippen molar-refractivity contribution in [1.82, 2.24) is 0 Å². The second-order valence-corrected chi connectivity index (χ2v) is 6.16. The molecule has 0 spiro atoms. The van der Waals surface area contributed by atoms with E-state index in [1.54, 1.807) is 18.2 Å². The number of hydrogen-bond acceptors (Lipinski definition) is 5. The molecule has 2 aromatic carbocycles. The summed E-state index contributed by atoms with van der Waals surface area (Å²) in [5, 5.41) is 2.54. The topological polar surface area (TPSA) is 81.7 Å². The first-order chi connectivity index (χ1) is 14.0. The molecule has 0 aliphatic rings. The molecular weight excluding hydrogens is 403 g/mol. The van der Waals surface area contributed by atoms with Gasteiger partial charge in [-0.2, -0.15) is 0 Å². The van der Waals surface area contributed by atoms with Crippen LogP contribution in [0.1, 0.15) is 29.8 Å². The van der Waals surface area contributed by atoms with Gasteiger partial charge in [0.05, 0.1) is 0 Å². The van der Waals surface area contributed by atoms with Crippen molar-refractivity contribution < 1.29 is 37.0 Å². The molecule has 0 fully saturated rings. The summed E-state index contributed by atoms with van der Waals surface area (Å²) in [5.74, 6) is -1.95. The Kier molecular flexibility index (Phi) is 7.35. The molecule has 158 valence electrons. The van der Waals surface area contributed by atoms with Crippen LogP contribution in [0.25, 0.3) is 6.08 Å². The maximum atomic E-state index is 12.2. The van der Waals surface area contributed by atoms with Crippen LogP contribution in [0.2, 0.25) is 0 Å². The summed E-state index contributed by atoms with van der Waals surface area (Å²) < 4.78 is 45.1. The molecule has 0 heterocycles. The van der Waals surface area contributed by atoms with E-state index >= 15 is 0 Å². The lowest BCUT2D eigenvalue weighted by atomic mass is 10.1. The van der Waals surface area contributed by atoms with Crippen LogP contribution in [-0.4, -0.2) is 30.1 Å². The van der Waals surface area contributed by atoms with Crippen LogP contribution in [0.15, 0.2) is 54.6 Å². The number of carbonyl (C=O) groups is 3. The van der Waals surface area contributed by atoms with Gasteiger partial charge in [-0.25, -0.2) is 4.79 Å². The van der Waals surface area contributed by atoms with Crippen LogP contribution in [0.3, 0.4) is 0 Å². The zero-order chi connectivity index (χ0) is 22.3. The first-order valence-electron chi connectivity index (χ1n) is 8.70. The molecule has 0 saturated heterocycles. The molecule has 2 rings (SSSR count). The van der Waals surface area contributed by atoms with Gasteiger partial charge < -0.3 is 14.8 Å². The molecule has 6 nitrogen and oxygen atoms in total. The minimum atomic E-state index is -4.79. The Balaban J connectivity index is 1.89. The third-order valence-corrected chi connectivity index (χ3v) is 3.72. The number of benzene rings is 2. The van der Waals surface area contributed by atoms with Crippen LogP contribution in [-0.2, 0) is 14.3 Å². The number of anilines is 1. The average molecular weight is 421 g/mol. The van der Waals surface area contributed by atoms with Crippen molar-refractivity contribution >= 4 is 29.4 Å². The third-order valence-electron chi connectivity index (χ3n) is 3.72. The number of hydrogen-bond donors (Lipinski definition) is 1. The Morgan fingerprint density at radius 3 is 2.33 bits per heavy atom. The van der Waals surface area contributed by atoms with Gasteiger partial charge in [0, 0.05) is 17.3 Å². The zero-order valence-electron chi connectivity index (χ0n) is 16.0. The number of Topliss-reactive ketones (excluding diaryl/α,β-unsaturated/α-hetero) is 1. The second-order valence-electron chi connectivity index (χ2n) is 6.16. The van der Waals surface area contributed by atoms with Gasteiger partial charge in [-0.1, -0.05) is 24.3 Å². The fourth-order valence-corrected chi connectivity index (χ4v) is 2.27. The first-order valence-corrected chi connectivity index (χ1v) is 8.70. The van der Waals surface area contributed by atoms with Gasteiger partial charge >= 0.3 is 12.3 Å². The highest BCUT2D eigenvalue weighted by Gasteiger charge is 2.30. The summed E-state index contributed by atoms with van der Waals surface area (Å²) >= 11 is 0. The molecule has 2 aromatic rings. The summed E-state index contributed by atoms with van der Waals surface area (Å²) in [6.45, 7) is 2.77. The number of nitrogens with one attached hydrogen (secondary N) is 1. The summed E-state index contributed by atoms with van der Waals surface area (Å²) in [6.07, 6.45) is -3.54. The van der Waals surface area contributed by atoms with E-state index in [9.17, 15) is 27.6 Å². The number of ketones is 1. The molecule has 1 unspecified atom stereocenters. The van der Waals surface area contributed by atoms with Gasteiger partial charge in [0.25, 0.3) is 5.91 Å². The van der Waals surface area contributed by atoms with Crippen molar-refractivity contribution in [3.8, 4) is 5.75 Å². The van der Waals surface area contributed by atoms with E-state index in [0.29, 0.717) is 16.8 Å². The van der Waals surface area contributed by atoms with E-state index in [0.717, 1.165) is 18.2 Å². The fourth-order valence-electron chi connectivity index (χ4n) is 2.27. The van der Waals surface area contributed by atoms with E-state index in [1.807, 2.05) is 0 Å². The van der Waals surface area contributed by atoms with Crippen LogP contribution in [0.4, 0.5) is 18.9 Å². The van der Waals surface area contributed by atoms with E-state index in [-0.39, 0.29) is 11.5 Å². The number of ether oxygens (including phenoxy) is 2. The maximum absolute atomic E-state index is 12.2. The van der Waals surface area contributed by atoms with E-state index in [2.05, 4.69) is 10.1 Å². The van der Waals surface area contributed by atoms with Crippen LogP contribution in [0.5, 0.6) is 5.75 Å². The molecule has 0 aliphatic heterocycles. The van der Waals surface area contributed by atoms with Gasteiger partial charge in [0.1, 0.15) is 5.75 Å². The van der Waals surface area contributed by atoms with Crippen molar-refractivity contribution in [1.29, 1.82) is 0 Å². The molecule has 30 heavy (non-hydrogen) atoms. The standard InChI is InChI=1S/C21H18F3NO5/c1-13(26)16-4-3-5-17(12-16)25-20(28)14(2)29-19(27)11-8-15-6-9-18(10-7-15)30-21(22,23)24/h3-12,14H,1-2H3,(H,25,28)/b11-8+. The molecule has 0 bridgehead atoms. The van der Waals surface area contributed by atoms with Gasteiger partial charge in [-0.05, 0) is 49.8 Å². The van der Waals surface area contributed by atoms with E-state index in [4.69, 9.17) is 4.74 Å². The summed E-state index contributed by atoms with van der Waals surface area (Å²) in [5.41, 5.74) is 1.24. The van der Waals surface area contributed by atoms with Crippen molar-refractivity contribution in [2.45, 2.75) is 26.3 Å². The highest BCUT2D eigenvalue weighted by Crippen LogP contribution is 2.23. The minimum Gasteiger partial charge on any atom is -0.449 e. The normalized spacial score (nSPS) is 12.3. The molecule has 0 radical (unpaired) electrons. The molecule has 0 saturated carbocycles. The lowest BCUT2D eigenvalue weighted by Crippen LogP contribution is -2.29. The maximum Gasteiger partial charge on any atom is 0.573 e. The number of esters is 1. The molecule has 0 aromatic heterocycles. The quantitative estimate of drug-likeness (QED) is 0.408. The van der Waals surface area contributed by atoms with Crippen molar-refractivity contribution in [2.75, 3.05) is 5.32 Å². The third kappa shape index (κ3) is 7.42. The zero-order valence-corrected chi connectivity index (χ0v) is 16.0. The van der Waals surface area contributed by atoms with Gasteiger partial charge in [-0.3, -0.25) is 9.59 Å². The monoisotopic (exact) mass is 421 g/mol. The number of rotatable bonds is 7. The summed E-state index contributed by atoms with van der Waals surface area (Å²) in [7, 11) is 0. The van der Waals surface area contributed by atoms with Gasteiger partial charge in [0.2, 0.25) is 0 Å². The van der Waals surface area contributed by atoms with Crippen LogP contribution >= 0.6 is 0 Å². The highest BCUT2D eigenvalue weighted by atomic mass is 19.4. The van der Waals surface area contributed by atoms with Crippen molar-refractivity contribution in [2.24, 2.45) is 0 Å². The van der Waals surface area contributed by atoms with Gasteiger partial charge in [-0.15, -0.1) is 13.2 Å². The molecular formula is C21H18F3NO5. The van der Waals surface area contributed by atoms with E-state index in [1.165, 1.54) is 38.1 Å². The first kappa shape index (κ1) is 22.7. The molecule has 9 heteroatoms. The Morgan fingerprint density at radius 2 is 1.73 bits per heavy atom. The second kappa shape index (κ2) is 9.73. The van der Waals surface area contributed by atoms with E-state index < -0.39 is 24.3 Å². The van der Waals surface area contributed by atoms with Crippen LogP contribution in [0, 0.1) is 0 Å². The molecule has 1 atom stereocenters. The Hall–Kier alpha value is -3.62. The Bertz CT molecular complexity index is 952. The van der Waals surface area contributed by atoms with Crippen LogP contribution < -0.4 is 10.1 Å². The molecule has 1 N–H and O–H groups in total. The fraction of sp³-hybridized carbons (Fsp3) is 0.190. The number of alkyl halides is 3. The van der Waals surface area contributed by atoms with Gasteiger partial charge in [0.15, 0.2) is 11.9 Å². The predicted molar refractivity (Wildman–Crippen MR) is 103 cm³/mol. The van der Waals surface area contributed by atoms with Crippen molar-refractivity contribution in [3.05, 3.63) is 65.7 Å². The number of amides is 1. The minimum absolute atomic E-state index is 0.159. The lowest BCUT2D eigenvalue weighted by Gasteiger charge is -2.12. The lowest BCUT2D eigenvalue weighted by molar-refractivity contribution is -0.274. The smallest absolute Gasteiger partial charge is 0.449 e. The largest absolute Gasteiger partial charge is 0.573 e. The molecule has 1 amide bonds. The average Bonchev–Trinajstić information content (AvgIpc) is 2.66. The SMILES string of the molecule is CC(=O)c1cccc(NC(=O)C(C)OC(=O)/C=C/c2ccc(OC(F)(F)F)cc2)c1. The summed E-state index contributed by atoms with van der Waals surface area (Å²) in [6, 6.07) is 11.1. The number of carbonyl (C=O) groups excluding carboxylic acids is 3. The Labute approximate surface area is 170 Å². The summed E-state index contributed by atoms with van der Waals surface area (Å²) in [4.78, 5) is 35.4. The molecule has 0 aliphatic carbocycles. The predicted octanol–water partition coefficient (Wildman–Crippen LogP) is 4.37.